The monoisotopic (exact) mass is 393 g/mol. The standard InChI is InChI=1S/C22H27N5O2/c1-15-8-9-18(12-16(15)2)27-21-19(13-23-27)17(3)24-26(22(21)29)14-20(28)25-10-6-4-5-7-11-25/h8-9,12-13H,4-7,10-11,14H2,1-3H3. The van der Waals surface area contributed by atoms with Crippen LogP contribution in [0.4, 0.5) is 0 Å². The van der Waals surface area contributed by atoms with E-state index < -0.39 is 0 Å². The van der Waals surface area contributed by atoms with Crippen molar-refractivity contribution >= 4 is 16.8 Å². The van der Waals surface area contributed by atoms with Gasteiger partial charge in [0.05, 0.1) is 17.6 Å². The maximum atomic E-state index is 13.2. The van der Waals surface area contributed by atoms with Gasteiger partial charge >= 0.3 is 0 Å². The van der Waals surface area contributed by atoms with Crippen molar-refractivity contribution in [1.29, 1.82) is 0 Å². The lowest BCUT2D eigenvalue weighted by Gasteiger charge is -2.20. The molecule has 0 unspecified atom stereocenters. The second kappa shape index (κ2) is 7.81. The van der Waals surface area contributed by atoms with Crippen LogP contribution < -0.4 is 5.56 Å². The number of hydrogen-bond acceptors (Lipinski definition) is 4. The van der Waals surface area contributed by atoms with E-state index in [0.29, 0.717) is 16.6 Å². The molecule has 2 aromatic heterocycles. The Labute approximate surface area is 169 Å². The number of likely N-dealkylation sites (tertiary alicyclic amines) is 1. The summed E-state index contributed by atoms with van der Waals surface area (Å²) in [5.41, 5.74) is 4.01. The molecule has 1 saturated heterocycles. The Bertz CT molecular complexity index is 1120. The first kappa shape index (κ1) is 19.4. The van der Waals surface area contributed by atoms with E-state index in [4.69, 9.17) is 0 Å². The van der Waals surface area contributed by atoms with Gasteiger partial charge in [0.1, 0.15) is 12.1 Å². The van der Waals surface area contributed by atoms with Crippen LogP contribution in [0.25, 0.3) is 16.6 Å². The molecule has 1 fully saturated rings. The van der Waals surface area contributed by atoms with Crippen molar-refractivity contribution in [3.63, 3.8) is 0 Å². The summed E-state index contributed by atoms with van der Waals surface area (Å²) in [6.45, 7) is 7.42. The number of nitrogens with zero attached hydrogens (tertiary/aromatic N) is 5. The zero-order chi connectivity index (χ0) is 20.5. The number of hydrogen-bond donors (Lipinski definition) is 0. The van der Waals surface area contributed by atoms with Gasteiger partial charge in [0, 0.05) is 18.5 Å². The van der Waals surface area contributed by atoms with E-state index >= 15 is 0 Å². The summed E-state index contributed by atoms with van der Waals surface area (Å²) in [4.78, 5) is 27.9. The number of benzene rings is 1. The molecule has 1 amide bonds. The molecule has 29 heavy (non-hydrogen) atoms. The molecule has 152 valence electrons. The molecule has 7 heteroatoms. The number of carbonyl (C=O) groups is 1. The average Bonchev–Trinajstić information content (AvgIpc) is 2.96. The van der Waals surface area contributed by atoms with Crippen LogP contribution in [0.15, 0.2) is 29.2 Å². The highest BCUT2D eigenvalue weighted by Gasteiger charge is 2.20. The Morgan fingerprint density at radius 3 is 2.45 bits per heavy atom. The molecule has 0 N–H and O–H groups in total. The largest absolute Gasteiger partial charge is 0.341 e. The van der Waals surface area contributed by atoms with Gasteiger partial charge in [-0.05, 0) is 56.9 Å². The van der Waals surface area contributed by atoms with E-state index in [0.717, 1.165) is 50.0 Å². The van der Waals surface area contributed by atoms with Crippen LogP contribution in [-0.2, 0) is 11.3 Å². The van der Waals surface area contributed by atoms with E-state index in [9.17, 15) is 9.59 Å². The van der Waals surface area contributed by atoms with E-state index in [-0.39, 0.29) is 18.0 Å². The summed E-state index contributed by atoms with van der Waals surface area (Å²) < 4.78 is 2.95. The fourth-order valence-electron chi connectivity index (χ4n) is 3.93. The highest BCUT2D eigenvalue weighted by atomic mass is 16.2. The topological polar surface area (TPSA) is 73.0 Å². The van der Waals surface area contributed by atoms with Crippen molar-refractivity contribution in [2.75, 3.05) is 13.1 Å². The third-order valence-electron chi connectivity index (χ3n) is 5.85. The van der Waals surface area contributed by atoms with Gasteiger partial charge in [-0.2, -0.15) is 10.2 Å². The highest BCUT2D eigenvalue weighted by molar-refractivity contribution is 5.82. The van der Waals surface area contributed by atoms with Gasteiger partial charge in [0.15, 0.2) is 0 Å². The molecule has 0 aliphatic carbocycles. The van der Waals surface area contributed by atoms with Crippen molar-refractivity contribution < 1.29 is 4.79 Å². The van der Waals surface area contributed by atoms with Gasteiger partial charge in [0.2, 0.25) is 5.91 Å². The van der Waals surface area contributed by atoms with Gasteiger partial charge in [-0.3, -0.25) is 9.59 Å². The summed E-state index contributed by atoms with van der Waals surface area (Å²) in [7, 11) is 0. The Balaban J connectivity index is 1.74. The minimum atomic E-state index is -0.287. The Morgan fingerprint density at radius 1 is 1.03 bits per heavy atom. The van der Waals surface area contributed by atoms with Gasteiger partial charge in [0.25, 0.3) is 5.56 Å². The predicted octanol–water partition coefficient (Wildman–Crippen LogP) is 2.91. The first-order valence-electron chi connectivity index (χ1n) is 10.3. The molecule has 7 nitrogen and oxygen atoms in total. The Hall–Kier alpha value is -2.96. The number of rotatable bonds is 3. The lowest BCUT2D eigenvalue weighted by molar-refractivity contribution is -0.132. The van der Waals surface area contributed by atoms with Gasteiger partial charge in [-0.15, -0.1) is 0 Å². The zero-order valence-corrected chi connectivity index (χ0v) is 17.3. The van der Waals surface area contributed by atoms with Crippen molar-refractivity contribution in [2.24, 2.45) is 0 Å². The van der Waals surface area contributed by atoms with E-state index in [2.05, 4.69) is 17.1 Å². The summed E-state index contributed by atoms with van der Waals surface area (Å²) in [6.07, 6.45) is 6.02. The first-order valence-corrected chi connectivity index (χ1v) is 10.3. The van der Waals surface area contributed by atoms with E-state index in [1.807, 2.05) is 36.9 Å². The number of fused-ring (bicyclic) bond motifs is 1. The van der Waals surface area contributed by atoms with Crippen LogP contribution in [0, 0.1) is 20.8 Å². The molecule has 3 aromatic rings. The maximum Gasteiger partial charge on any atom is 0.293 e. The van der Waals surface area contributed by atoms with Crippen molar-refractivity contribution in [3.8, 4) is 5.69 Å². The maximum absolute atomic E-state index is 13.2. The van der Waals surface area contributed by atoms with Gasteiger partial charge < -0.3 is 4.90 Å². The minimum Gasteiger partial charge on any atom is -0.341 e. The second-order valence-electron chi connectivity index (χ2n) is 7.93. The smallest absolute Gasteiger partial charge is 0.293 e. The number of amides is 1. The molecule has 0 bridgehead atoms. The van der Waals surface area contributed by atoms with Crippen molar-refractivity contribution in [2.45, 2.75) is 53.0 Å². The number of aryl methyl sites for hydroxylation is 3. The fourth-order valence-corrected chi connectivity index (χ4v) is 3.93. The van der Waals surface area contributed by atoms with Crippen LogP contribution in [-0.4, -0.2) is 43.5 Å². The lowest BCUT2D eigenvalue weighted by Crippen LogP contribution is -2.38. The SMILES string of the molecule is Cc1ccc(-n2ncc3c(C)nn(CC(=O)N4CCCCCC4)c(=O)c32)cc1C. The van der Waals surface area contributed by atoms with E-state index in [1.165, 1.54) is 10.2 Å². The van der Waals surface area contributed by atoms with Crippen LogP contribution in [0.2, 0.25) is 0 Å². The minimum absolute atomic E-state index is 0.0340. The lowest BCUT2D eigenvalue weighted by atomic mass is 10.1. The molecule has 0 saturated carbocycles. The summed E-state index contributed by atoms with van der Waals surface area (Å²) in [5.74, 6) is -0.0440. The van der Waals surface area contributed by atoms with Gasteiger partial charge in [-0.1, -0.05) is 18.9 Å². The summed E-state index contributed by atoms with van der Waals surface area (Å²) in [6, 6.07) is 5.99. The summed E-state index contributed by atoms with van der Waals surface area (Å²) in [5, 5.41) is 9.56. The third kappa shape index (κ3) is 3.69. The number of aromatic nitrogens is 4. The molecule has 1 aromatic carbocycles. The summed E-state index contributed by atoms with van der Waals surface area (Å²) >= 11 is 0. The molecule has 4 rings (SSSR count). The third-order valence-corrected chi connectivity index (χ3v) is 5.85. The van der Waals surface area contributed by atoms with Crippen molar-refractivity contribution in [3.05, 3.63) is 51.6 Å². The molecule has 3 heterocycles. The molecular formula is C22H27N5O2. The fraction of sp³-hybridized carbons (Fsp3) is 0.455. The predicted molar refractivity (Wildman–Crippen MR) is 112 cm³/mol. The van der Waals surface area contributed by atoms with Crippen LogP contribution in [0.5, 0.6) is 0 Å². The normalized spacial score (nSPS) is 14.9. The molecule has 1 aliphatic rings. The van der Waals surface area contributed by atoms with Crippen LogP contribution in [0.3, 0.4) is 0 Å². The van der Waals surface area contributed by atoms with Crippen LogP contribution in [0.1, 0.15) is 42.5 Å². The molecule has 0 spiro atoms. The Morgan fingerprint density at radius 2 is 1.76 bits per heavy atom. The zero-order valence-electron chi connectivity index (χ0n) is 17.3. The van der Waals surface area contributed by atoms with Gasteiger partial charge in [-0.25, -0.2) is 9.36 Å². The Kier molecular flexibility index (Phi) is 5.22. The highest BCUT2D eigenvalue weighted by Crippen LogP contribution is 2.19. The van der Waals surface area contributed by atoms with Crippen molar-refractivity contribution in [1.82, 2.24) is 24.5 Å². The molecule has 1 aliphatic heterocycles. The second-order valence-corrected chi connectivity index (χ2v) is 7.93. The number of carbonyl (C=O) groups excluding carboxylic acids is 1. The average molecular weight is 393 g/mol. The molecular weight excluding hydrogens is 366 g/mol. The van der Waals surface area contributed by atoms with Crippen LogP contribution >= 0.6 is 0 Å². The first-order chi connectivity index (χ1) is 14.0. The van der Waals surface area contributed by atoms with E-state index in [1.54, 1.807) is 10.9 Å². The molecule has 0 radical (unpaired) electrons. The quantitative estimate of drug-likeness (QED) is 0.686. The molecule has 0 atom stereocenters.